The van der Waals surface area contributed by atoms with Gasteiger partial charge in [-0.05, 0) is 56.3 Å². The first-order valence-electron chi connectivity index (χ1n) is 8.33. The molecular weight excluding hydrogens is 370 g/mol. The summed E-state index contributed by atoms with van der Waals surface area (Å²) in [5, 5.41) is 7.68. The monoisotopic (exact) mass is 395 g/mol. The fourth-order valence-corrected chi connectivity index (χ4v) is 3.00. The summed E-state index contributed by atoms with van der Waals surface area (Å²) >= 11 is 1.70. The van der Waals surface area contributed by atoms with Crippen molar-refractivity contribution in [2.75, 3.05) is 11.9 Å². The first-order chi connectivity index (χ1) is 11.8. The average Bonchev–Trinajstić information content (AvgIpc) is 3.05. The van der Waals surface area contributed by atoms with E-state index in [1.807, 2.05) is 25.3 Å². The number of benzene rings is 1. The van der Waals surface area contributed by atoms with E-state index >= 15 is 0 Å². The largest absolute Gasteiger partial charge is 0.350 e. The highest BCUT2D eigenvalue weighted by Crippen LogP contribution is 2.14. The Labute approximate surface area is 164 Å². The number of aryl methyl sites for hydroxylation is 1. The van der Waals surface area contributed by atoms with Crippen molar-refractivity contribution in [1.82, 2.24) is 5.32 Å². The maximum absolute atomic E-state index is 12.2. The van der Waals surface area contributed by atoms with Crippen molar-refractivity contribution in [3.63, 3.8) is 0 Å². The number of rotatable bonds is 8. The van der Waals surface area contributed by atoms with Crippen molar-refractivity contribution in [2.45, 2.75) is 38.6 Å². The Kier molecular flexibility index (Phi) is 8.78. The van der Waals surface area contributed by atoms with Gasteiger partial charge in [0, 0.05) is 34.6 Å². The predicted octanol–water partition coefficient (Wildman–Crippen LogP) is 3.60. The lowest BCUT2D eigenvalue weighted by atomic mass is 10.1. The number of hydrogen-bond donors (Lipinski definition) is 3. The Morgan fingerprint density at radius 1 is 1.19 bits per heavy atom. The van der Waals surface area contributed by atoms with Crippen LogP contribution in [0.15, 0.2) is 41.8 Å². The number of amides is 2. The first kappa shape index (κ1) is 22.2. The summed E-state index contributed by atoms with van der Waals surface area (Å²) in [6.07, 6.45) is 2.16. The number of thiophene rings is 1. The molecule has 0 spiro atoms. The van der Waals surface area contributed by atoms with Crippen molar-refractivity contribution < 1.29 is 9.59 Å². The van der Waals surface area contributed by atoms with Crippen LogP contribution in [0, 0.1) is 0 Å². The second-order valence-electron chi connectivity index (χ2n) is 6.73. The lowest BCUT2D eigenvalue weighted by molar-refractivity contribution is -0.116. The molecule has 142 valence electrons. The second-order valence-corrected chi connectivity index (χ2v) is 7.77. The summed E-state index contributed by atoms with van der Waals surface area (Å²) in [6, 6.07) is 11.0. The topological polar surface area (TPSA) is 84.2 Å². The standard InChI is InChI=1S/C19H25N3O2S.ClH/c1-19(2,20)13-21-18(24)14-6-3-7-15(12-14)22-17(23)10-4-8-16-9-5-11-25-16;/h3,5-7,9,11-12H,4,8,10,13,20H2,1-2H3,(H,21,24)(H,22,23);1H. The smallest absolute Gasteiger partial charge is 0.251 e. The normalized spacial score (nSPS) is 10.7. The van der Waals surface area contributed by atoms with Gasteiger partial charge in [0.25, 0.3) is 5.91 Å². The van der Waals surface area contributed by atoms with E-state index in [4.69, 9.17) is 5.73 Å². The van der Waals surface area contributed by atoms with Gasteiger partial charge in [-0.1, -0.05) is 12.1 Å². The van der Waals surface area contributed by atoms with E-state index in [0.717, 1.165) is 12.8 Å². The molecular formula is C19H26ClN3O2S. The predicted molar refractivity (Wildman–Crippen MR) is 110 cm³/mol. The molecule has 2 amide bonds. The van der Waals surface area contributed by atoms with Crippen molar-refractivity contribution in [2.24, 2.45) is 5.73 Å². The summed E-state index contributed by atoms with van der Waals surface area (Å²) in [5.41, 5.74) is 6.53. The zero-order valence-corrected chi connectivity index (χ0v) is 16.7. The first-order valence-corrected chi connectivity index (χ1v) is 9.21. The molecule has 5 nitrogen and oxygen atoms in total. The van der Waals surface area contributed by atoms with Gasteiger partial charge >= 0.3 is 0 Å². The number of halogens is 1. The van der Waals surface area contributed by atoms with Gasteiger partial charge in [-0.2, -0.15) is 0 Å². The fourth-order valence-electron chi connectivity index (χ4n) is 2.25. The minimum Gasteiger partial charge on any atom is -0.350 e. The van der Waals surface area contributed by atoms with Crippen LogP contribution in [0.3, 0.4) is 0 Å². The van der Waals surface area contributed by atoms with Crippen LogP contribution in [0.25, 0.3) is 0 Å². The van der Waals surface area contributed by atoms with Crippen molar-refractivity contribution in [3.05, 3.63) is 52.2 Å². The lowest BCUT2D eigenvalue weighted by Crippen LogP contribution is -2.45. The summed E-state index contributed by atoms with van der Waals surface area (Å²) < 4.78 is 0. The highest BCUT2D eigenvalue weighted by atomic mass is 35.5. The molecule has 1 aromatic carbocycles. The number of hydrogen-bond acceptors (Lipinski definition) is 4. The molecule has 2 aromatic rings. The maximum atomic E-state index is 12.2. The van der Waals surface area contributed by atoms with E-state index in [1.54, 1.807) is 35.6 Å². The van der Waals surface area contributed by atoms with Gasteiger partial charge in [-0.3, -0.25) is 9.59 Å². The highest BCUT2D eigenvalue weighted by Gasteiger charge is 2.14. The molecule has 2 rings (SSSR count). The highest BCUT2D eigenvalue weighted by molar-refractivity contribution is 7.09. The molecule has 0 aliphatic heterocycles. The van der Waals surface area contributed by atoms with Gasteiger partial charge in [-0.15, -0.1) is 23.7 Å². The van der Waals surface area contributed by atoms with Crippen LogP contribution in [0.4, 0.5) is 5.69 Å². The summed E-state index contributed by atoms with van der Waals surface area (Å²) in [5.74, 6) is -0.246. The number of nitrogens with one attached hydrogen (secondary N) is 2. The fraction of sp³-hybridized carbons (Fsp3) is 0.368. The quantitative estimate of drug-likeness (QED) is 0.638. The van der Waals surface area contributed by atoms with Crippen LogP contribution >= 0.6 is 23.7 Å². The molecule has 1 aromatic heterocycles. The van der Waals surface area contributed by atoms with Gasteiger partial charge in [-0.25, -0.2) is 0 Å². The molecule has 0 aliphatic rings. The zero-order valence-electron chi connectivity index (χ0n) is 15.1. The van der Waals surface area contributed by atoms with Gasteiger partial charge in [0.1, 0.15) is 0 Å². The minimum atomic E-state index is -0.468. The van der Waals surface area contributed by atoms with Gasteiger partial charge in [0.2, 0.25) is 5.91 Å². The van der Waals surface area contributed by atoms with E-state index < -0.39 is 5.54 Å². The Hall–Kier alpha value is -1.89. The number of carbonyl (C=O) groups excluding carboxylic acids is 2. The van der Waals surface area contributed by atoms with Crippen molar-refractivity contribution in [3.8, 4) is 0 Å². The molecule has 7 heteroatoms. The third-order valence-electron chi connectivity index (χ3n) is 3.52. The molecule has 1 heterocycles. The molecule has 0 fully saturated rings. The second kappa shape index (κ2) is 10.3. The third-order valence-corrected chi connectivity index (χ3v) is 4.46. The molecule has 4 N–H and O–H groups in total. The summed E-state index contributed by atoms with van der Waals surface area (Å²) in [7, 11) is 0. The number of anilines is 1. The Morgan fingerprint density at radius 2 is 1.96 bits per heavy atom. The molecule has 0 bridgehead atoms. The number of carbonyl (C=O) groups is 2. The van der Waals surface area contributed by atoms with E-state index in [9.17, 15) is 9.59 Å². The van der Waals surface area contributed by atoms with Crippen molar-refractivity contribution >= 4 is 41.2 Å². The molecule has 0 saturated heterocycles. The lowest BCUT2D eigenvalue weighted by Gasteiger charge is -2.19. The van der Waals surface area contributed by atoms with Crippen molar-refractivity contribution in [1.29, 1.82) is 0 Å². The van der Waals surface area contributed by atoms with Gasteiger partial charge < -0.3 is 16.4 Å². The molecule has 0 aliphatic carbocycles. The summed E-state index contributed by atoms with van der Waals surface area (Å²) in [6.45, 7) is 4.07. The van der Waals surface area contributed by atoms with Crippen LogP contribution in [0.5, 0.6) is 0 Å². The van der Waals surface area contributed by atoms with E-state index in [1.165, 1.54) is 4.88 Å². The van der Waals surface area contributed by atoms with Gasteiger partial charge in [0.05, 0.1) is 0 Å². The van der Waals surface area contributed by atoms with Crippen LogP contribution in [0.2, 0.25) is 0 Å². The molecule has 0 saturated carbocycles. The van der Waals surface area contributed by atoms with E-state index in [-0.39, 0.29) is 24.2 Å². The Morgan fingerprint density at radius 3 is 2.62 bits per heavy atom. The van der Waals surface area contributed by atoms with Crippen LogP contribution in [0.1, 0.15) is 41.9 Å². The molecule has 0 radical (unpaired) electrons. The van der Waals surface area contributed by atoms with Crippen LogP contribution in [-0.4, -0.2) is 23.9 Å². The Bertz CT molecular complexity index is 712. The number of nitrogens with two attached hydrogens (primary N) is 1. The average molecular weight is 396 g/mol. The van der Waals surface area contributed by atoms with E-state index in [0.29, 0.717) is 24.2 Å². The molecule has 26 heavy (non-hydrogen) atoms. The third kappa shape index (κ3) is 7.99. The van der Waals surface area contributed by atoms with Crippen LogP contribution in [-0.2, 0) is 11.2 Å². The SMILES string of the molecule is CC(C)(N)CNC(=O)c1cccc(NC(=O)CCCc2cccs2)c1.Cl. The van der Waals surface area contributed by atoms with Crippen LogP contribution < -0.4 is 16.4 Å². The molecule has 0 atom stereocenters. The zero-order chi connectivity index (χ0) is 18.3. The maximum Gasteiger partial charge on any atom is 0.251 e. The van der Waals surface area contributed by atoms with Gasteiger partial charge in [0.15, 0.2) is 0 Å². The molecule has 0 unspecified atom stereocenters. The van der Waals surface area contributed by atoms with E-state index in [2.05, 4.69) is 16.7 Å². The Balaban J connectivity index is 0.00000338. The minimum absolute atomic E-state index is 0. The summed E-state index contributed by atoms with van der Waals surface area (Å²) in [4.78, 5) is 25.5.